The summed E-state index contributed by atoms with van der Waals surface area (Å²) in [4.78, 5) is 8.66. The Hall–Kier alpha value is 1.34. The molecule has 1 radical (unpaired) electrons. The maximum atomic E-state index is 8.66. The summed E-state index contributed by atoms with van der Waals surface area (Å²) in [6.45, 7) is 20.6. The summed E-state index contributed by atoms with van der Waals surface area (Å²) in [5.74, 6) is 0. The molecule has 1 rings (SSSR count). The van der Waals surface area contributed by atoms with E-state index in [0.29, 0.717) is 0 Å². The van der Waals surface area contributed by atoms with E-state index >= 15 is 0 Å². The molecular formula is C17H44Cl2NOSi3Ti-4. The van der Waals surface area contributed by atoms with Crippen molar-refractivity contribution in [1.82, 2.24) is 0 Å². The number of hydrogen-bond donors (Lipinski definition) is 1. The van der Waals surface area contributed by atoms with Crippen LogP contribution in [0.2, 0.25) is 32.7 Å². The summed E-state index contributed by atoms with van der Waals surface area (Å²) in [7, 11) is 1.00. The molecule has 1 aliphatic rings. The fourth-order valence-corrected chi connectivity index (χ4v) is 0.340. The molecule has 8 heteroatoms. The van der Waals surface area contributed by atoms with Crippen molar-refractivity contribution < 1.29 is 24.0 Å². The molecule has 0 spiro atoms. The first-order chi connectivity index (χ1) is 9.91. The van der Waals surface area contributed by atoms with E-state index in [1.54, 1.807) is 6.92 Å². The van der Waals surface area contributed by atoms with Crippen molar-refractivity contribution in [1.29, 1.82) is 0 Å². The standard InChI is InChI=1S/C5H5.C4H10N.C3H10OSi.C2H7Si.C2H5.CH3.2ClH.H2Si.Ti/c1-2-4-5-3-1;1-4(2,3)5;1-5(2,3)4;1-3-2;1-2;;;;;/h1-3H,4H2;5H,1-3H3;4H,1-3H3;3H,1-2H3;1H2,2H3;1H3;2*1H;1H2;/q2*-1;;;2*-1;;;;. The van der Waals surface area contributed by atoms with Gasteiger partial charge in [-0.05, 0) is 19.6 Å². The maximum absolute atomic E-state index is 8.66. The molecule has 0 saturated carbocycles. The summed E-state index contributed by atoms with van der Waals surface area (Å²) in [5, 5.41) is 0. The van der Waals surface area contributed by atoms with Gasteiger partial charge in [-0.2, -0.15) is 13.0 Å². The number of nitrogens with one attached hydrogen (secondary N) is 1. The van der Waals surface area contributed by atoms with Crippen molar-refractivity contribution in [3.05, 3.63) is 44.4 Å². The Kier molecular flexibility index (Phi) is 80.7. The van der Waals surface area contributed by atoms with Crippen LogP contribution in [0.25, 0.3) is 5.73 Å². The van der Waals surface area contributed by atoms with Gasteiger partial charge in [0.1, 0.15) is 0 Å². The zero-order valence-electron chi connectivity index (χ0n) is 18.2. The minimum absolute atomic E-state index is 0. The third-order valence-corrected chi connectivity index (χ3v) is 0.586. The van der Waals surface area contributed by atoms with E-state index in [0.717, 1.165) is 15.9 Å². The zero-order chi connectivity index (χ0) is 19.2. The second kappa shape index (κ2) is 40.1. The summed E-state index contributed by atoms with van der Waals surface area (Å²) >= 11 is 2.03. The predicted molar refractivity (Wildman–Crippen MR) is 131 cm³/mol. The Balaban J connectivity index is -0.0000000235. The molecule has 0 aromatic carbocycles. The van der Waals surface area contributed by atoms with Crippen LogP contribution in [-0.4, -0.2) is 35.8 Å². The molecule has 0 unspecified atom stereocenters. The van der Waals surface area contributed by atoms with E-state index in [1.165, 1.54) is 0 Å². The molecular weight excluding hydrogens is 437 g/mol. The topological polar surface area (TPSA) is 44.0 Å². The van der Waals surface area contributed by atoms with Gasteiger partial charge in [0.2, 0.25) is 0 Å². The van der Waals surface area contributed by atoms with E-state index < -0.39 is 8.32 Å². The van der Waals surface area contributed by atoms with Crippen molar-refractivity contribution in [2.24, 2.45) is 0 Å². The minimum atomic E-state index is -1.61. The SMILES string of the molecule is CC(C)(C)[NH-].C[SiH]C.C[Si](C)(C)O.Cl.Cl.[C-]1=CC=CC1.[CH2-]C.[CH3-].[SiH2]=[Ti]. The molecule has 0 heterocycles. The Bertz CT molecular complexity index is 211. The average Bonchev–Trinajstić information content (AvgIpc) is 2.89. The van der Waals surface area contributed by atoms with E-state index in [9.17, 15) is 0 Å². The van der Waals surface area contributed by atoms with Crippen molar-refractivity contribution >= 4 is 50.3 Å². The number of hydrogen-bond acceptors (Lipinski definition) is 1. The quantitative estimate of drug-likeness (QED) is 0.351. The number of rotatable bonds is 0. The first-order valence-corrected chi connectivity index (χ1v) is 17.2. The molecule has 0 fully saturated rings. The first kappa shape index (κ1) is 50.3. The molecule has 0 bridgehead atoms. The van der Waals surface area contributed by atoms with Crippen LogP contribution in [-0.2, 0) is 19.2 Å². The summed E-state index contributed by atoms with van der Waals surface area (Å²) < 4.78 is 0. The third-order valence-electron chi connectivity index (χ3n) is 0.586. The van der Waals surface area contributed by atoms with E-state index in [1.807, 2.05) is 79.4 Å². The van der Waals surface area contributed by atoms with Crippen molar-refractivity contribution in [3.8, 4) is 0 Å². The van der Waals surface area contributed by atoms with Crippen molar-refractivity contribution in [3.63, 3.8) is 0 Å². The average molecular weight is 482 g/mol. The molecule has 157 valence electrons. The van der Waals surface area contributed by atoms with Gasteiger partial charge in [-0.1, -0.05) is 33.9 Å². The molecule has 0 aromatic rings. The van der Waals surface area contributed by atoms with Gasteiger partial charge < -0.3 is 24.9 Å². The molecule has 2 nitrogen and oxygen atoms in total. The zero-order valence-corrected chi connectivity index (χ0v) is 25.0. The normalized spacial score (nSPS) is 9.40. The van der Waals surface area contributed by atoms with E-state index in [-0.39, 0.29) is 37.8 Å². The molecule has 2 N–H and O–H groups in total. The predicted octanol–water partition coefficient (Wildman–Crippen LogP) is 5.69. The van der Waals surface area contributed by atoms with Crippen molar-refractivity contribution in [2.75, 3.05) is 0 Å². The second-order valence-corrected chi connectivity index (χ2v) is 11.5. The molecule has 25 heavy (non-hydrogen) atoms. The summed E-state index contributed by atoms with van der Waals surface area (Å²) in [5.41, 5.74) is 6.69. The van der Waals surface area contributed by atoms with Crippen LogP contribution in [0.15, 0.2) is 18.2 Å². The van der Waals surface area contributed by atoms with Gasteiger partial charge in [0.05, 0.1) is 0 Å². The fraction of sp³-hybridized carbons (Fsp3) is 0.647. The Labute approximate surface area is 190 Å². The van der Waals surface area contributed by atoms with E-state index in [2.05, 4.69) is 32.2 Å². The first-order valence-electron chi connectivity index (χ1n) is 7.41. The van der Waals surface area contributed by atoms with Crippen LogP contribution in [0.4, 0.5) is 0 Å². The number of allylic oxidation sites excluding steroid dienone is 4. The van der Waals surface area contributed by atoms with Crippen LogP contribution in [0.1, 0.15) is 34.1 Å². The van der Waals surface area contributed by atoms with Crippen LogP contribution in [0, 0.1) is 20.4 Å². The van der Waals surface area contributed by atoms with Gasteiger partial charge in [-0.3, -0.25) is 6.08 Å². The molecule has 0 aromatic heterocycles. The van der Waals surface area contributed by atoms with Gasteiger partial charge in [-0.25, -0.2) is 12.2 Å². The molecule has 0 atom stereocenters. The van der Waals surface area contributed by atoms with Crippen molar-refractivity contribution in [2.45, 2.75) is 72.4 Å². The van der Waals surface area contributed by atoms with Gasteiger partial charge in [0.15, 0.2) is 8.32 Å². The van der Waals surface area contributed by atoms with Gasteiger partial charge in [0, 0.05) is 9.52 Å². The summed E-state index contributed by atoms with van der Waals surface area (Å²) in [6.07, 6.45) is 10.0. The molecule has 0 saturated heterocycles. The molecule has 1 aliphatic carbocycles. The third kappa shape index (κ3) is 343. The van der Waals surface area contributed by atoms with E-state index in [4.69, 9.17) is 10.5 Å². The summed E-state index contributed by atoms with van der Waals surface area (Å²) in [6, 6.07) is 0. The molecule has 0 amide bonds. The monoisotopic (exact) mass is 480 g/mol. The van der Waals surface area contributed by atoms with Gasteiger partial charge in [0.25, 0.3) is 0 Å². The van der Waals surface area contributed by atoms with Crippen LogP contribution < -0.4 is 0 Å². The Morgan fingerprint density at radius 3 is 1.40 bits per heavy atom. The van der Waals surface area contributed by atoms with Gasteiger partial charge in [-0.15, -0.1) is 36.8 Å². The van der Waals surface area contributed by atoms with Crippen LogP contribution >= 0.6 is 24.8 Å². The fourth-order valence-electron chi connectivity index (χ4n) is 0.340. The number of halogens is 2. The Morgan fingerprint density at radius 1 is 1.16 bits per heavy atom. The van der Waals surface area contributed by atoms with Crippen LogP contribution in [0.5, 0.6) is 0 Å². The van der Waals surface area contributed by atoms with Crippen LogP contribution in [0.3, 0.4) is 0 Å². The Morgan fingerprint density at radius 2 is 1.36 bits per heavy atom. The molecule has 0 aliphatic heterocycles. The van der Waals surface area contributed by atoms with Gasteiger partial charge >= 0.3 is 26.8 Å². The second-order valence-electron chi connectivity index (χ2n) is 6.00.